The SMILES string of the molecule is COc1cc(C(C)c2cc(S(C)(=O)=O)c(Nc3ccccc3)cc2N2CCNCC2)cc(Cl)c1OC.Cl. The van der Waals surface area contributed by atoms with Crippen LogP contribution in [0, 0.1) is 0 Å². The number of ether oxygens (including phenoxy) is 2. The van der Waals surface area contributed by atoms with Gasteiger partial charge in [-0.3, -0.25) is 0 Å². The fourth-order valence-corrected chi connectivity index (χ4v) is 5.71. The van der Waals surface area contributed by atoms with E-state index in [1.54, 1.807) is 20.3 Å². The monoisotopic (exact) mass is 565 g/mol. The zero-order valence-electron chi connectivity index (χ0n) is 21.4. The first kappa shape index (κ1) is 28.9. The summed E-state index contributed by atoms with van der Waals surface area (Å²) < 4.78 is 36.8. The lowest BCUT2D eigenvalue weighted by atomic mass is 9.90. The molecule has 10 heteroatoms. The van der Waals surface area contributed by atoms with Crippen LogP contribution in [0.4, 0.5) is 17.1 Å². The molecule has 200 valence electrons. The molecule has 7 nitrogen and oxygen atoms in total. The lowest BCUT2D eigenvalue weighted by molar-refractivity contribution is 0.354. The van der Waals surface area contributed by atoms with Gasteiger partial charge in [0.15, 0.2) is 21.3 Å². The Balaban J connectivity index is 0.00000380. The van der Waals surface area contributed by atoms with Gasteiger partial charge in [-0.05, 0) is 47.5 Å². The van der Waals surface area contributed by atoms with Gasteiger partial charge in [-0.25, -0.2) is 8.42 Å². The summed E-state index contributed by atoms with van der Waals surface area (Å²) in [6, 6.07) is 17.1. The molecular formula is C27H33Cl2N3O4S. The van der Waals surface area contributed by atoms with Crippen LogP contribution in [0.25, 0.3) is 0 Å². The maximum Gasteiger partial charge on any atom is 0.179 e. The van der Waals surface area contributed by atoms with E-state index in [2.05, 4.69) is 22.5 Å². The number of methoxy groups -OCH3 is 2. The van der Waals surface area contributed by atoms with Crippen LogP contribution in [0.2, 0.25) is 5.02 Å². The quantitative estimate of drug-likeness (QED) is 0.374. The van der Waals surface area contributed by atoms with Gasteiger partial charge >= 0.3 is 0 Å². The number of halogens is 2. The molecule has 2 N–H and O–H groups in total. The molecule has 0 saturated carbocycles. The normalized spacial score (nSPS) is 14.5. The van der Waals surface area contributed by atoms with Gasteiger partial charge in [-0.1, -0.05) is 36.7 Å². The standard InChI is InChI=1S/C27H32ClN3O4S.ClH/c1-18(19-14-22(28)27(35-3)25(15-19)34-2)21-16-26(36(4,32)33)23(30-20-8-6-5-7-9-20)17-24(21)31-12-10-29-11-13-31;/h5-9,14-18,29-30H,10-13H2,1-4H3;1H. The number of piperazine rings is 1. The van der Waals surface area contributed by atoms with E-state index in [-0.39, 0.29) is 23.2 Å². The second-order valence-electron chi connectivity index (χ2n) is 8.87. The van der Waals surface area contributed by atoms with Crippen LogP contribution in [0.1, 0.15) is 24.0 Å². The van der Waals surface area contributed by atoms with E-state index < -0.39 is 9.84 Å². The molecule has 0 amide bonds. The van der Waals surface area contributed by atoms with Gasteiger partial charge in [0, 0.05) is 49.7 Å². The van der Waals surface area contributed by atoms with Crippen LogP contribution in [0.3, 0.4) is 0 Å². The fourth-order valence-electron chi connectivity index (χ4n) is 4.56. The first-order chi connectivity index (χ1) is 17.2. The van der Waals surface area contributed by atoms with Crippen LogP contribution in [-0.4, -0.2) is 55.1 Å². The van der Waals surface area contributed by atoms with Crippen LogP contribution in [-0.2, 0) is 9.84 Å². The summed E-state index contributed by atoms with van der Waals surface area (Å²) in [4.78, 5) is 2.55. The third kappa shape index (κ3) is 6.44. The minimum atomic E-state index is -3.54. The zero-order valence-corrected chi connectivity index (χ0v) is 23.8. The molecule has 1 aliphatic heterocycles. The molecule has 3 aromatic carbocycles. The third-order valence-electron chi connectivity index (χ3n) is 6.46. The predicted octanol–water partition coefficient (Wildman–Crippen LogP) is 5.49. The number of benzene rings is 3. The third-order valence-corrected chi connectivity index (χ3v) is 7.88. The predicted molar refractivity (Wildman–Crippen MR) is 154 cm³/mol. The van der Waals surface area contributed by atoms with Crippen molar-refractivity contribution in [1.29, 1.82) is 0 Å². The van der Waals surface area contributed by atoms with E-state index in [0.29, 0.717) is 22.2 Å². The first-order valence-corrected chi connectivity index (χ1v) is 14.1. The highest BCUT2D eigenvalue weighted by Crippen LogP contribution is 2.43. The average molecular weight is 567 g/mol. The molecular weight excluding hydrogens is 533 g/mol. The second-order valence-corrected chi connectivity index (χ2v) is 11.3. The summed E-state index contributed by atoms with van der Waals surface area (Å²) in [7, 11) is -0.417. The van der Waals surface area contributed by atoms with E-state index in [9.17, 15) is 8.42 Å². The molecule has 1 atom stereocenters. The van der Waals surface area contributed by atoms with Crippen LogP contribution in [0.15, 0.2) is 59.5 Å². The molecule has 0 spiro atoms. The lowest BCUT2D eigenvalue weighted by Crippen LogP contribution is -2.44. The van der Waals surface area contributed by atoms with Crippen LogP contribution < -0.4 is 25.0 Å². The smallest absolute Gasteiger partial charge is 0.179 e. The van der Waals surface area contributed by atoms with Crippen molar-refractivity contribution in [1.82, 2.24) is 5.32 Å². The molecule has 1 unspecified atom stereocenters. The molecule has 1 saturated heterocycles. The Kier molecular flexibility index (Phi) is 9.58. The number of nitrogens with one attached hydrogen (secondary N) is 2. The largest absolute Gasteiger partial charge is 0.493 e. The van der Waals surface area contributed by atoms with Crippen molar-refractivity contribution in [2.45, 2.75) is 17.7 Å². The van der Waals surface area contributed by atoms with E-state index in [0.717, 1.165) is 48.7 Å². The van der Waals surface area contributed by atoms with Crippen molar-refractivity contribution in [3.63, 3.8) is 0 Å². The molecule has 4 rings (SSSR count). The van der Waals surface area contributed by atoms with Crippen molar-refractivity contribution in [2.24, 2.45) is 0 Å². The van der Waals surface area contributed by atoms with Crippen LogP contribution >= 0.6 is 24.0 Å². The Morgan fingerprint density at radius 2 is 1.70 bits per heavy atom. The summed E-state index contributed by atoms with van der Waals surface area (Å²) >= 11 is 6.52. The van der Waals surface area contributed by atoms with Crippen LogP contribution in [0.5, 0.6) is 11.5 Å². The number of hydrogen-bond acceptors (Lipinski definition) is 7. The van der Waals surface area contributed by atoms with Gasteiger partial charge in [-0.15, -0.1) is 12.4 Å². The Bertz CT molecular complexity index is 1330. The summed E-state index contributed by atoms with van der Waals surface area (Å²) in [5.74, 6) is 0.830. The van der Waals surface area contributed by atoms with Gasteiger partial charge in [0.05, 0.1) is 29.8 Å². The lowest BCUT2D eigenvalue weighted by Gasteiger charge is -2.33. The maximum absolute atomic E-state index is 13.0. The number of sulfone groups is 1. The van der Waals surface area contributed by atoms with E-state index in [1.807, 2.05) is 48.5 Å². The summed E-state index contributed by atoms with van der Waals surface area (Å²) in [5.41, 5.74) is 4.16. The number of hydrogen-bond donors (Lipinski definition) is 2. The van der Waals surface area contributed by atoms with Gasteiger partial charge < -0.3 is 25.0 Å². The van der Waals surface area contributed by atoms with Crippen molar-refractivity contribution in [3.8, 4) is 11.5 Å². The molecule has 0 aromatic heterocycles. The molecule has 1 fully saturated rings. The first-order valence-electron chi connectivity index (χ1n) is 11.8. The van der Waals surface area contributed by atoms with Crippen molar-refractivity contribution < 1.29 is 17.9 Å². The number of rotatable bonds is 8. The van der Waals surface area contributed by atoms with Crippen molar-refractivity contribution in [3.05, 3.63) is 70.7 Å². The molecule has 0 radical (unpaired) electrons. The maximum atomic E-state index is 13.0. The minimum absolute atomic E-state index is 0. The Hall–Kier alpha value is -2.65. The van der Waals surface area contributed by atoms with Gasteiger partial charge in [-0.2, -0.15) is 0 Å². The molecule has 37 heavy (non-hydrogen) atoms. The van der Waals surface area contributed by atoms with E-state index in [4.69, 9.17) is 21.1 Å². The van der Waals surface area contributed by atoms with Crippen molar-refractivity contribution >= 4 is 50.9 Å². The highest BCUT2D eigenvalue weighted by Gasteiger charge is 2.26. The minimum Gasteiger partial charge on any atom is -0.493 e. The van der Waals surface area contributed by atoms with Gasteiger partial charge in [0.25, 0.3) is 0 Å². The second kappa shape index (κ2) is 12.3. The Morgan fingerprint density at radius 1 is 1.03 bits per heavy atom. The average Bonchev–Trinajstić information content (AvgIpc) is 2.88. The highest BCUT2D eigenvalue weighted by molar-refractivity contribution is 7.90. The van der Waals surface area contributed by atoms with Gasteiger partial charge in [0.1, 0.15) is 0 Å². The number of anilines is 3. The number of nitrogens with zero attached hydrogens (tertiary/aromatic N) is 1. The Morgan fingerprint density at radius 3 is 2.30 bits per heavy atom. The molecule has 0 bridgehead atoms. The van der Waals surface area contributed by atoms with E-state index in [1.165, 1.54) is 6.26 Å². The van der Waals surface area contributed by atoms with Gasteiger partial charge in [0.2, 0.25) is 0 Å². The summed E-state index contributed by atoms with van der Waals surface area (Å²) in [5, 5.41) is 7.15. The molecule has 0 aliphatic carbocycles. The fraction of sp³-hybridized carbons (Fsp3) is 0.333. The zero-order chi connectivity index (χ0) is 25.9. The summed E-state index contributed by atoms with van der Waals surface area (Å²) in [6.07, 6.45) is 1.24. The highest BCUT2D eigenvalue weighted by atomic mass is 35.5. The van der Waals surface area contributed by atoms with E-state index >= 15 is 0 Å². The topological polar surface area (TPSA) is 79.9 Å². The molecule has 1 aliphatic rings. The number of para-hydroxylation sites is 1. The summed E-state index contributed by atoms with van der Waals surface area (Å²) in [6.45, 7) is 5.39. The molecule has 1 heterocycles. The Labute approximate surface area is 230 Å². The van der Waals surface area contributed by atoms with Crippen molar-refractivity contribution in [2.75, 3.05) is 56.9 Å². The molecule has 3 aromatic rings.